The molecule has 0 aliphatic rings. The van der Waals surface area contributed by atoms with E-state index in [2.05, 4.69) is 15.2 Å². The van der Waals surface area contributed by atoms with E-state index >= 15 is 0 Å². The van der Waals surface area contributed by atoms with Gasteiger partial charge in [-0.25, -0.2) is 0 Å². The Bertz CT molecular complexity index is 496. The van der Waals surface area contributed by atoms with Crippen LogP contribution >= 0.6 is 0 Å². The van der Waals surface area contributed by atoms with Crippen molar-refractivity contribution in [1.29, 1.82) is 0 Å². The van der Waals surface area contributed by atoms with Gasteiger partial charge in [0.2, 0.25) is 5.89 Å². The molecule has 0 saturated carbocycles. The van der Waals surface area contributed by atoms with Crippen molar-refractivity contribution in [2.75, 3.05) is 0 Å². The minimum Gasteiger partial charge on any atom is -0.481 e. The number of aryl methyl sites for hydroxylation is 1. The van der Waals surface area contributed by atoms with E-state index in [0.717, 1.165) is 0 Å². The number of carbonyl (C=O) groups is 1. The van der Waals surface area contributed by atoms with E-state index in [1.807, 2.05) is 6.07 Å². The molecule has 0 aliphatic heterocycles. The first-order chi connectivity index (χ1) is 8.25. The molecular weight excluding hydrogens is 222 g/mol. The SMILES string of the molecule is O=C(O)CCCc1nnc(-c2ccccn2)o1. The first kappa shape index (κ1) is 11.3. The fourth-order valence-corrected chi connectivity index (χ4v) is 1.34. The molecule has 17 heavy (non-hydrogen) atoms. The molecule has 2 aromatic heterocycles. The summed E-state index contributed by atoms with van der Waals surface area (Å²) in [5.74, 6) is -0.0303. The van der Waals surface area contributed by atoms with Gasteiger partial charge in [-0.2, -0.15) is 0 Å². The molecular formula is C11H11N3O3. The summed E-state index contributed by atoms with van der Waals surface area (Å²) in [6.07, 6.45) is 2.69. The summed E-state index contributed by atoms with van der Waals surface area (Å²) in [6.45, 7) is 0. The van der Waals surface area contributed by atoms with Crippen LogP contribution in [0.2, 0.25) is 0 Å². The minimum atomic E-state index is -0.825. The normalized spacial score (nSPS) is 10.4. The fourth-order valence-electron chi connectivity index (χ4n) is 1.34. The molecule has 1 N–H and O–H groups in total. The van der Waals surface area contributed by atoms with Gasteiger partial charge in [0.25, 0.3) is 5.89 Å². The van der Waals surface area contributed by atoms with Crippen molar-refractivity contribution in [3.8, 4) is 11.6 Å². The van der Waals surface area contributed by atoms with Crippen LogP contribution in [0.5, 0.6) is 0 Å². The van der Waals surface area contributed by atoms with E-state index < -0.39 is 5.97 Å². The van der Waals surface area contributed by atoms with Crippen LogP contribution in [0.25, 0.3) is 11.6 Å². The van der Waals surface area contributed by atoms with Crippen LogP contribution in [0, 0.1) is 0 Å². The number of hydrogen-bond acceptors (Lipinski definition) is 5. The van der Waals surface area contributed by atoms with Crippen molar-refractivity contribution in [3.63, 3.8) is 0 Å². The summed E-state index contributed by atoms with van der Waals surface area (Å²) in [6, 6.07) is 5.40. The summed E-state index contributed by atoms with van der Waals surface area (Å²) in [5.41, 5.74) is 0.615. The Kier molecular flexibility index (Phi) is 3.44. The molecule has 6 nitrogen and oxygen atoms in total. The number of carboxylic acids is 1. The van der Waals surface area contributed by atoms with Gasteiger partial charge in [-0.3, -0.25) is 9.78 Å². The second-order valence-corrected chi connectivity index (χ2v) is 3.46. The molecule has 2 heterocycles. The average Bonchev–Trinajstić information content (AvgIpc) is 2.78. The van der Waals surface area contributed by atoms with Crippen LogP contribution in [0.3, 0.4) is 0 Å². The van der Waals surface area contributed by atoms with Crippen LogP contribution in [-0.2, 0) is 11.2 Å². The number of rotatable bonds is 5. The van der Waals surface area contributed by atoms with Gasteiger partial charge < -0.3 is 9.52 Å². The van der Waals surface area contributed by atoms with Gasteiger partial charge in [0.05, 0.1) is 0 Å². The van der Waals surface area contributed by atoms with Crippen LogP contribution < -0.4 is 0 Å². The van der Waals surface area contributed by atoms with Crippen LogP contribution in [0.15, 0.2) is 28.8 Å². The molecule has 0 saturated heterocycles. The van der Waals surface area contributed by atoms with Gasteiger partial charge in [-0.1, -0.05) is 6.07 Å². The highest BCUT2D eigenvalue weighted by atomic mass is 16.4. The van der Waals surface area contributed by atoms with Gasteiger partial charge in [-0.15, -0.1) is 10.2 Å². The van der Waals surface area contributed by atoms with Gasteiger partial charge in [0.15, 0.2) is 0 Å². The summed E-state index contributed by atoms with van der Waals surface area (Å²) >= 11 is 0. The Morgan fingerprint density at radius 2 is 2.24 bits per heavy atom. The highest BCUT2D eigenvalue weighted by Gasteiger charge is 2.09. The third-order valence-corrected chi connectivity index (χ3v) is 2.13. The Morgan fingerprint density at radius 1 is 1.35 bits per heavy atom. The van der Waals surface area contributed by atoms with Crippen molar-refractivity contribution in [3.05, 3.63) is 30.3 Å². The Morgan fingerprint density at radius 3 is 2.94 bits per heavy atom. The Labute approximate surface area is 97.3 Å². The third kappa shape index (κ3) is 3.10. The van der Waals surface area contributed by atoms with E-state index in [-0.39, 0.29) is 6.42 Å². The maximum atomic E-state index is 10.3. The second-order valence-electron chi connectivity index (χ2n) is 3.46. The number of nitrogens with zero attached hydrogens (tertiary/aromatic N) is 3. The van der Waals surface area contributed by atoms with Gasteiger partial charge in [-0.05, 0) is 18.6 Å². The first-order valence-electron chi connectivity index (χ1n) is 5.21. The molecule has 0 amide bonds. The van der Waals surface area contributed by atoms with Crippen molar-refractivity contribution in [1.82, 2.24) is 15.2 Å². The van der Waals surface area contributed by atoms with Crippen molar-refractivity contribution < 1.29 is 14.3 Å². The molecule has 0 unspecified atom stereocenters. The topological polar surface area (TPSA) is 89.1 Å². The monoisotopic (exact) mass is 233 g/mol. The molecule has 0 aromatic carbocycles. The summed E-state index contributed by atoms with van der Waals surface area (Å²) in [4.78, 5) is 14.4. The van der Waals surface area contributed by atoms with Crippen molar-refractivity contribution in [2.24, 2.45) is 0 Å². The predicted octanol–water partition coefficient (Wildman–Crippen LogP) is 1.54. The predicted molar refractivity (Wildman–Crippen MR) is 58.1 cm³/mol. The van der Waals surface area contributed by atoms with E-state index in [1.165, 1.54) is 0 Å². The molecule has 0 atom stereocenters. The van der Waals surface area contributed by atoms with Crippen LogP contribution in [0.1, 0.15) is 18.7 Å². The van der Waals surface area contributed by atoms with Gasteiger partial charge in [0, 0.05) is 19.0 Å². The van der Waals surface area contributed by atoms with E-state index in [4.69, 9.17) is 9.52 Å². The quantitative estimate of drug-likeness (QED) is 0.842. The highest BCUT2D eigenvalue weighted by molar-refractivity contribution is 5.66. The first-order valence-corrected chi connectivity index (χ1v) is 5.21. The summed E-state index contributed by atoms with van der Waals surface area (Å²) in [5, 5.41) is 16.2. The number of aliphatic carboxylic acids is 1. The largest absolute Gasteiger partial charge is 0.481 e. The smallest absolute Gasteiger partial charge is 0.303 e. The number of aromatic nitrogens is 3. The lowest BCUT2D eigenvalue weighted by atomic mass is 10.2. The summed E-state index contributed by atoms with van der Waals surface area (Å²) in [7, 11) is 0. The number of pyridine rings is 1. The summed E-state index contributed by atoms with van der Waals surface area (Å²) < 4.78 is 5.37. The molecule has 0 radical (unpaired) electrons. The average molecular weight is 233 g/mol. The van der Waals surface area contributed by atoms with E-state index in [9.17, 15) is 4.79 Å². The van der Waals surface area contributed by atoms with Crippen molar-refractivity contribution >= 4 is 5.97 Å². The molecule has 0 spiro atoms. The van der Waals surface area contributed by atoms with Crippen molar-refractivity contribution in [2.45, 2.75) is 19.3 Å². The van der Waals surface area contributed by atoms with Gasteiger partial charge >= 0.3 is 5.97 Å². The molecule has 2 rings (SSSR count). The number of carboxylic acid groups (broad SMARTS) is 1. The fraction of sp³-hybridized carbons (Fsp3) is 0.273. The lowest BCUT2D eigenvalue weighted by molar-refractivity contribution is -0.137. The van der Waals surface area contributed by atoms with E-state index in [1.54, 1.807) is 18.3 Å². The van der Waals surface area contributed by atoms with E-state index in [0.29, 0.717) is 30.3 Å². The number of hydrogen-bond donors (Lipinski definition) is 1. The lowest BCUT2D eigenvalue weighted by Gasteiger charge is -1.92. The van der Waals surface area contributed by atoms with Gasteiger partial charge in [0.1, 0.15) is 5.69 Å². The van der Waals surface area contributed by atoms with Crippen LogP contribution in [0.4, 0.5) is 0 Å². The molecule has 0 bridgehead atoms. The second kappa shape index (κ2) is 5.20. The zero-order chi connectivity index (χ0) is 12.1. The Hall–Kier alpha value is -2.24. The maximum absolute atomic E-state index is 10.3. The molecule has 6 heteroatoms. The lowest BCUT2D eigenvalue weighted by Crippen LogP contribution is -1.95. The molecule has 0 aliphatic carbocycles. The standard InChI is InChI=1S/C11H11N3O3/c15-10(16)6-3-5-9-13-14-11(17-9)8-4-1-2-7-12-8/h1-2,4,7H,3,5-6H2,(H,15,16). The molecule has 88 valence electrons. The molecule has 2 aromatic rings. The maximum Gasteiger partial charge on any atom is 0.303 e. The zero-order valence-electron chi connectivity index (χ0n) is 9.04. The Balaban J connectivity index is 1.99. The molecule has 0 fully saturated rings. The van der Waals surface area contributed by atoms with Crippen LogP contribution in [-0.4, -0.2) is 26.3 Å². The third-order valence-electron chi connectivity index (χ3n) is 2.13. The zero-order valence-corrected chi connectivity index (χ0v) is 9.04. The highest BCUT2D eigenvalue weighted by Crippen LogP contribution is 2.15. The minimum absolute atomic E-state index is 0.0985.